The first kappa shape index (κ1) is 18.1. The Kier molecular flexibility index (Phi) is 7.24. The zero-order valence-corrected chi connectivity index (χ0v) is 14.2. The molecule has 0 aliphatic heterocycles. The number of nitriles is 1. The summed E-state index contributed by atoms with van der Waals surface area (Å²) in [7, 11) is 0. The summed E-state index contributed by atoms with van der Waals surface area (Å²) < 4.78 is 1.06. The first-order valence-electron chi connectivity index (χ1n) is 5.30. The molecule has 7 heteroatoms. The Morgan fingerprint density at radius 1 is 1.63 bits per heavy atom. The second kappa shape index (κ2) is 7.61. The topological polar surface area (TPSA) is 90.9 Å². The van der Waals surface area contributed by atoms with E-state index in [4.69, 9.17) is 11.7 Å². The number of nitrogens with two attached hydrogens (primary N) is 2. The fourth-order valence-corrected chi connectivity index (χ4v) is 1.98. The molecular formula is C12H16CrIN5. The van der Waals surface area contributed by atoms with Crippen LogP contribution in [-0.4, -0.2) is 14.4 Å². The van der Waals surface area contributed by atoms with Crippen LogP contribution in [0.15, 0.2) is 35.6 Å². The average Bonchev–Trinajstić information content (AvgIpc) is 2.30. The van der Waals surface area contributed by atoms with Gasteiger partial charge in [0.05, 0.1) is 11.8 Å². The summed E-state index contributed by atoms with van der Waals surface area (Å²) in [5, 5.41) is 9.27. The minimum Gasteiger partial charge on any atom is -0.280 e. The van der Waals surface area contributed by atoms with E-state index in [0.29, 0.717) is 11.3 Å². The van der Waals surface area contributed by atoms with E-state index in [1.54, 1.807) is 0 Å². The van der Waals surface area contributed by atoms with Crippen molar-refractivity contribution in [2.45, 2.75) is 17.3 Å². The molecule has 0 fully saturated rings. The summed E-state index contributed by atoms with van der Waals surface area (Å²) in [5.41, 5.74) is 3.45. The van der Waals surface area contributed by atoms with E-state index in [9.17, 15) is 5.26 Å². The summed E-state index contributed by atoms with van der Waals surface area (Å²) in [6, 6.07) is 2.17. The van der Waals surface area contributed by atoms with Crippen LogP contribution in [0.25, 0.3) is 0 Å². The quantitative estimate of drug-likeness (QED) is 0.0930. The molecule has 1 atom stereocenters. The van der Waals surface area contributed by atoms with Gasteiger partial charge in [0.1, 0.15) is 0 Å². The third kappa shape index (κ3) is 5.29. The van der Waals surface area contributed by atoms with Gasteiger partial charge in [0.25, 0.3) is 6.34 Å². The maximum Gasteiger partial charge on any atom is 0.266 e. The maximum absolute atomic E-state index is 9.27. The Bertz CT molecular complexity index is 485. The normalized spacial score (nSPS) is 30.5. The number of nitrogens with one attached hydrogen (secondary N) is 1. The van der Waals surface area contributed by atoms with Gasteiger partial charge in [-0.15, -0.1) is 6.08 Å². The maximum atomic E-state index is 9.27. The minimum atomic E-state index is -0.236. The van der Waals surface area contributed by atoms with E-state index in [0.717, 1.165) is 5.92 Å². The number of halogens is 1. The number of hydrazine groups is 2. The molecule has 0 heterocycles. The molecule has 1 aliphatic carbocycles. The Hall–Kier alpha value is -0.928. The Labute approximate surface area is 137 Å². The van der Waals surface area contributed by atoms with E-state index in [2.05, 4.69) is 34.1 Å². The molecule has 0 radical (unpaired) electrons. The van der Waals surface area contributed by atoms with Crippen LogP contribution in [0.4, 0.5) is 0 Å². The molecule has 0 saturated carbocycles. The molecule has 0 saturated heterocycles. The zero-order chi connectivity index (χ0) is 13.8. The van der Waals surface area contributed by atoms with Gasteiger partial charge in [-0.1, -0.05) is 42.5 Å². The number of alkyl halides is 1. The number of hydrogen-bond donors (Lipinski definition) is 3. The molecule has 0 amide bonds. The van der Waals surface area contributed by atoms with Crippen molar-refractivity contribution in [2.24, 2.45) is 11.7 Å². The smallest absolute Gasteiger partial charge is 0.266 e. The van der Waals surface area contributed by atoms with Crippen LogP contribution in [0.2, 0.25) is 0 Å². The SMILES string of the molecule is C[C-]1/C=C\C(C)(I)\C=C(C#N)/C([N+](/N)=C/NN)=C\1.[Cr]. The van der Waals surface area contributed by atoms with E-state index in [1.165, 1.54) is 11.0 Å². The number of nitrogens with zero attached hydrogens (tertiary/aromatic N) is 2. The van der Waals surface area contributed by atoms with Crippen LogP contribution >= 0.6 is 22.6 Å². The monoisotopic (exact) mass is 409 g/mol. The molecule has 102 valence electrons. The van der Waals surface area contributed by atoms with Gasteiger partial charge < -0.3 is 0 Å². The Morgan fingerprint density at radius 2 is 2.26 bits per heavy atom. The van der Waals surface area contributed by atoms with Gasteiger partial charge in [-0.25, -0.2) is 5.43 Å². The molecule has 5 nitrogen and oxygen atoms in total. The van der Waals surface area contributed by atoms with Gasteiger partial charge in [-0.05, 0) is 0 Å². The second-order valence-corrected chi connectivity index (χ2v) is 6.46. The van der Waals surface area contributed by atoms with Crippen molar-refractivity contribution >= 4 is 28.9 Å². The van der Waals surface area contributed by atoms with Crippen LogP contribution < -0.4 is 17.1 Å². The zero-order valence-electron chi connectivity index (χ0n) is 10.7. The molecule has 5 N–H and O–H groups in total. The largest absolute Gasteiger partial charge is 0.280 e. The molecule has 0 spiro atoms. The molecule has 0 aromatic heterocycles. The fraction of sp³-hybridized carbons (Fsp3) is 0.250. The predicted molar refractivity (Wildman–Crippen MR) is 80.1 cm³/mol. The van der Waals surface area contributed by atoms with E-state index in [1.807, 2.05) is 38.2 Å². The molecule has 1 aliphatic rings. The van der Waals surface area contributed by atoms with E-state index < -0.39 is 0 Å². The van der Waals surface area contributed by atoms with Crippen molar-refractivity contribution in [1.82, 2.24) is 5.43 Å². The molecule has 0 aromatic rings. The van der Waals surface area contributed by atoms with Crippen molar-refractivity contribution in [1.29, 1.82) is 5.26 Å². The standard InChI is InChI=1S/C12H15IN5.Cr/c1-9-3-4-12(2,13)6-10(7-14)11(5-9)18(16)8-17-15;/h3-6,8H,15-16H2,1-2H3;/q-1;/p+1/b4-3-,10-6-,11-5+;. The third-order valence-corrected chi connectivity index (χ3v) is 3.02. The van der Waals surface area contributed by atoms with Gasteiger partial charge in [0.2, 0.25) is 0 Å². The molecular weight excluding hydrogens is 393 g/mol. The summed E-state index contributed by atoms with van der Waals surface area (Å²) in [4.78, 5) is 0. The molecule has 1 unspecified atom stereocenters. The summed E-state index contributed by atoms with van der Waals surface area (Å²) in [5.74, 6) is 12.0. The Balaban J connectivity index is 0.00000324. The minimum absolute atomic E-state index is 0. The first-order chi connectivity index (χ1) is 8.39. The molecule has 1 rings (SSSR count). The summed E-state index contributed by atoms with van der Waals surface area (Å²) in [6.07, 6.45) is 9.14. The third-order valence-electron chi connectivity index (χ3n) is 2.35. The first-order valence-corrected chi connectivity index (χ1v) is 6.37. The van der Waals surface area contributed by atoms with Crippen LogP contribution in [0, 0.1) is 17.2 Å². The Morgan fingerprint density at radius 3 is 2.79 bits per heavy atom. The average molecular weight is 409 g/mol. The van der Waals surface area contributed by atoms with E-state index >= 15 is 0 Å². The van der Waals surface area contributed by atoms with Gasteiger partial charge in [0.15, 0.2) is 0 Å². The van der Waals surface area contributed by atoms with Crippen LogP contribution in [-0.2, 0) is 17.4 Å². The van der Waals surface area contributed by atoms with Crippen LogP contribution in [0.1, 0.15) is 13.8 Å². The van der Waals surface area contributed by atoms with E-state index in [-0.39, 0.29) is 20.8 Å². The van der Waals surface area contributed by atoms with Gasteiger partial charge in [-0.2, -0.15) is 33.9 Å². The van der Waals surface area contributed by atoms with Gasteiger partial charge >= 0.3 is 0 Å². The van der Waals surface area contributed by atoms with Gasteiger partial charge in [0, 0.05) is 26.4 Å². The van der Waals surface area contributed by atoms with Crippen molar-refractivity contribution in [3.8, 4) is 6.07 Å². The molecule has 0 bridgehead atoms. The van der Waals surface area contributed by atoms with Crippen molar-refractivity contribution < 1.29 is 22.0 Å². The number of rotatable bonds is 2. The number of hydrazone groups is 1. The van der Waals surface area contributed by atoms with Crippen molar-refractivity contribution in [2.75, 3.05) is 0 Å². The second-order valence-electron chi connectivity index (χ2n) is 4.13. The van der Waals surface area contributed by atoms with Crippen molar-refractivity contribution in [3.05, 3.63) is 41.5 Å². The van der Waals surface area contributed by atoms with Gasteiger partial charge in [-0.3, -0.25) is 5.84 Å². The number of hydrogen-bond acceptors (Lipinski definition) is 3. The molecule has 19 heavy (non-hydrogen) atoms. The van der Waals surface area contributed by atoms with Crippen LogP contribution in [0.5, 0.6) is 0 Å². The predicted octanol–water partition coefficient (Wildman–Crippen LogP) is 1.05. The summed E-state index contributed by atoms with van der Waals surface area (Å²) in [6.45, 7) is 3.97. The van der Waals surface area contributed by atoms with Crippen LogP contribution in [0.3, 0.4) is 0 Å². The number of allylic oxidation sites excluding steroid dienone is 5. The fourth-order valence-electron chi connectivity index (χ4n) is 1.49. The molecule has 0 aromatic carbocycles. The summed E-state index contributed by atoms with van der Waals surface area (Å²) >= 11 is 2.27. The van der Waals surface area contributed by atoms with Crippen molar-refractivity contribution in [3.63, 3.8) is 0 Å².